The molecule has 246 valence electrons. The van der Waals surface area contributed by atoms with Gasteiger partial charge in [0.2, 0.25) is 0 Å². The number of benzene rings is 2. The van der Waals surface area contributed by atoms with Crippen molar-refractivity contribution in [2.75, 3.05) is 51.8 Å². The Labute approximate surface area is 275 Å². The molecule has 4 aliphatic rings. The second kappa shape index (κ2) is 16.2. The number of rotatable bonds is 13. The number of aliphatic imine (C=N–C) groups is 1. The van der Waals surface area contributed by atoms with E-state index in [4.69, 9.17) is 9.47 Å². The van der Waals surface area contributed by atoms with E-state index in [1.165, 1.54) is 19.3 Å². The number of ether oxygens (including phenoxy) is 2. The third-order valence-electron chi connectivity index (χ3n) is 9.28. The lowest BCUT2D eigenvalue weighted by molar-refractivity contribution is -0.0939. The van der Waals surface area contributed by atoms with Crippen LogP contribution >= 0.6 is 0 Å². The largest absolute Gasteiger partial charge is 0.486 e. The fourth-order valence-corrected chi connectivity index (χ4v) is 6.19. The van der Waals surface area contributed by atoms with Crippen LogP contribution in [0.4, 0.5) is 5.69 Å². The molecule has 1 aliphatic carbocycles. The van der Waals surface area contributed by atoms with Gasteiger partial charge in [-0.15, -0.1) is 6.58 Å². The van der Waals surface area contributed by atoms with Gasteiger partial charge in [-0.25, -0.2) is 0 Å². The Bertz CT molecular complexity index is 1430. The van der Waals surface area contributed by atoms with Crippen LogP contribution in [0.15, 0.2) is 66.7 Å². The molecule has 2 aromatic rings. The number of allylic oxidation sites excluding steroid dienone is 2. The number of ketones is 1. The summed E-state index contributed by atoms with van der Waals surface area (Å²) in [6.45, 7) is 15.3. The van der Waals surface area contributed by atoms with Crippen LogP contribution in [-0.4, -0.2) is 75.0 Å². The van der Waals surface area contributed by atoms with E-state index < -0.39 is 5.60 Å². The zero-order valence-corrected chi connectivity index (χ0v) is 27.9. The van der Waals surface area contributed by atoms with Gasteiger partial charge in [-0.2, -0.15) is 0 Å². The molecular weight excluding hydrogens is 572 g/mol. The van der Waals surface area contributed by atoms with Gasteiger partial charge in [0.15, 0.2) is 5.78 Å². The molecule has 0 amide bonds. The molecule has 0 radical (unpaired) electrons. The van der Waals surface area contributed by atoms with E-state index in [-0.39, 0.29) is 5.78 Å². The first kappa shape index (κ1) is 33.7. The van der Waals surface area contributed by atoms with Crippen LogP contribution in [0.2, 0.25) is 0 Å². The van der Waals surface area contributed by atoms with Crippen LogP contribution < -0.4 is 15.4 Å². The highest BCUT2D eigenvalue weighted by Gasteiger charge is 2.44. The molecule has 1 saturated carbocycles. The number of carbonyl (C=O) groups is 1. The van der Waals surface area contributed by atoms with Gasteiger partial charge in [0, 0.05) is 56.5 Å². The van der Waals surface area contributed by atoms with Gasteiger partial charge in [-0.3, -0.25) is 14.7 Å². The van der Waals surface area contributed by atoms with Crippen molar-refractivity contribution in [2.24, 2.45) is 4.99 Å². The summed E-state index contributed by atoms with van der Waals surface area (Å²) in [5, 5.41) is 6.84. The summed E-state index contributed by atoms with van der Waals surface area (Å²) < 4.78 is 12.0. The second-order valence-corrected chi connectivity index (χ2v) is 12.8. The molecule has 46 heavy (non-hydrogen) atoms. The Balaban J connectivity index is 0.00000131. The van der Waals surface area contributed by atoms with Crippen molar-refractivity contribution < 1.29 is 14.3 Å². The van der Waals surface area contributed by atoms with Crippen molar-refractivity contribution in [3.8, 4) is 5.75 Å². The van der Waals surface area contributed by atoms with E-state index in [9.17, 15) is 4.79 Å². The maximum absolute atomic E-state index is 13.5. The summed E-state index contributed by atoms with van der Waals surface area (Å²) >= 11 is 0. The number of hydrogen-bond acceptors (Lipinski definition) is 7. The molecule has 2 N–H and O–H groups in total. The fourth-order valence-electron chi connectivity index (χ4n) is 6.19. The summed E-state index contributed by atoms with van der Waals surface area (Å²) in [6, 6.07) is 12.8. The van der Waals surface area contributed by atoms with Crippen LogP contribution in [0.1, 0.15) is 91.8 Å². The molecule has 7 nitrogen and oxygen atoms in total. The van der Waals surface area contributed by atoms with Crippen LogP contribution in [0.3, 0.4) is 0 Å². The number of piperidine rings is 1. The van der Waals surface area contributed by atoms with Crippen LogP contribution in [0.25, 0.3) is 11.3 Å². The summed E-state index contributed by atoms with van der Waals surface area (Å²) in [4.78, 5) is 20.5. The van der Waals surface area contributed by atoms with Crippen LogP contribution in [0, 0.1) is 0 Å². The zero-order valence-electron chi connectivity index (χ0n) is 27.9. The smallest absolute Gasteiger partial charge is 0.170 e. The average molecular weight is 625 g/mol. The summed E-state index contributed by atoms with van der Waals surface area (Å²) in [7, 11) is 1.92. The number of Topliss-reactive ketones (excluding diaryl/α,β-unsaturated/α-hetero) is 1. The molecule has 2 saturated heterocycles. The van der Waals surface area contributed by atoms with Gasteiger partial charge in [-0.1, -0.05) is 50.1 Å². The predicted octanol–water partition coefficient (Wildman–Crippen LogP) is 7.54. The Morgan fingerprint density at radius 2 is 1.85 bits per heavy atom. The highest BCUT2D eigenvalue weighted by atomic mass is 16.5. The van der Waals surface area contributed by atoms with E-state index in [2.05, 4.69) is 58.0 Å². The fraction of sp³-hybridized carbons (Fsp3) is 0.487. The van der Waals surface area contributed by atoms with Crippen molar-refractivity contribution in [3.63, 3.8) is 0 Å². The lowest BCUT2D eigenvalue weighted by Gasteiger charge is -2.47. The van der Waals surface area contributed by atoms with E-state index >= 15 is 0 Å². The monoisotopic (exact) mass is 624 g/mol. The average Bonchev–Trinajstić information content (AvgIpc) is 3.94. The predicted molar refractivity (Wildman–Crippen MR) is 191 cm³/mol. The lowest BCUT2D eigenvalue weighted by atomic mass is 9.81. The van der Waals surface area contributed by atoms with Gasteiger partial charge in [0.05, 0.1) is 37.8 Å². The van der Waals surface area contributed by atoms with Crippen molar-refractivity contribution in [2.45, 2.75) is 76.4 Å². The van der Waals surface area contributed by atoms with Gasteiger partial charge in [-0.05, 0) is 73.4 Å². The molecule has 0 atom stereocenters. The van der Waals surface area contributed by atoms with E-state index in [1.54, 1.807) is 0 Å². The Morgan fingerprint density at radius 3 is 2.50 bits per heavy atom. The standard InChI is InChI=1S/C36H46N4O3.C3H6/c1-5-7-8-9-16-38-17-18-39-32(6-2)28-10-12-33(37-4)30(22-28)26(3)27-11-13-35-31(21-27)34(41)23-36(43-35)14-19-40(20-15-36)29-24-42-25-29;1-2-3-1/h5-6,10-13,16,21-22,29,37,39H,1,3,7-9,14-15,17-20,23-25H2,2,4H3;1-3H2/b32-6-,38-16?;. The number of carbonyl (C=O) groups excluding carboxylic acids is 1. The molecule has 0 unspecified atom stereocenters. The summed E-state index contributed by atoms with van der Waals surface area (Å²) in [5.41, 5.74) is 6.14. The van der Waals surface area contributed by atoms with Gasteiger partial charge < -0.3 is 20.1 Å². The third kappa shape index (κ3) is 8.56. The van der Waals surface area contributed by atoms with E-state index in [0.29, 0.717) is 23.8 Å². The number of hydrogen-bond donors (Lipinski definition) is 2. The highest BCUT2D eigenvalue weighted by Crippen LogP contribution is 2.41. The molecule has 0 bridgehead atoms. The normalized spacial score (nSPS) is 19.0. The molecule has 2 aromatic carbocycles. The van der Waals surface area contributed by atoms with Gasteiger partial charge >= 0.3 is 0 Å². The summed E-state index contributed by atoms with van der Waals surface area (Å²) in [6.07, 6.45) is 15.8. The Morgan fingerprint density at radius 1 is 1.09 bits per heavy atom. The van der Waals surface area contributed by atoms with E-state index in [0.717, 1.165) is 105 Å². The Kier molecular flexibility index (Phi) is 11.9. The zero-order chi connectivity index (χ0) is 32.4. The number of unbranched alkanes of at least 4 members (excludes halogenated alkanes) is 2. The van der Waals surface area contributed by atoms with Crippen molar-refractivity contribution >= 4 is 29.0 Å². The SMILES string of the molecule is C1CC1.C=CCCCC=NCCN/C(=C\C)c1ccc(NC)c(C(=C)c2ccc3c(c2)C(=O)CC2(CCN(C4COC4)CC2)O3)c1. The van der Waals surface area contributed by atoms with Gasteiger partial charge in [0.25, 0.3) is 0 Å². The van der Waals surface area contributed by atoms with Crippen molar-refractivity contribution in [1.29, 1.82) is 0 Å². The molecule has 7 heteroatoms. The van der Waals surface area contributed by atoms with Crippen molar-refractivity contribution in [3.05, 3.63) is 84.0 Å². The summed E-state index contributed by atoms with van der Waals surface area (Å²) in [5.74, 6) is 0.849. The van der Waals surface area contributed by atoms with Crippen LogP contribution in [0.5, 0.6) is 5.75 Å². The quantitative estimate of drug-likeness (QED) is 0.136. The third-order valence-corrected chi connectivity index (χ3v) is 9.28. The number of nitrogens with zero attached hydrogens (tertiary/aromatic N) is 2. The molecule has 1 spiro atoms. The highest BCUT2D eigenvalue weighted by molar-refractivity contribution is 6.01. The topological polar surface area (TPSA) is 75.2 Å². The van der Waals surface area contributed by atoms with Crippen LogP contribution in [-0.2, 0) is 4.74 Å². The van der Waals surface area contributed by atoms with E-state index in [1.807, 2.05) is 44.5 Å². The maximum atomic E-state index is 13.5. The first-order valence-electron chi connectivity index (χ1n) is 17.2. The minimum atomic E-state index is -0.399. The number of likely N-dealkylation sites (tertiary alicyclic amines) is 1. The second-order valence-electron chi connectivity index (χ2n) is 12.8. The van der Waals surface area contributed by atoms with Crippen molar-refractivity contribution in [1.82, 2.24) is 10.2 Å². The van der Waals surface area contributed by atoms with Gasteiger partial charge in [0.1, 0.15) is 11.4 Å². The molecular formula is C39H52N4O3. The molecule has 3 fully saturated rings. The minimum Gasteiger partial charge on any atom is -0.486 e. The first-order chi connectivity index (χ1) is 22.5. The molecule has 0 aromatic heterocycles. The molecule has 6 rings (SSSR count). The molecule has 3 aliphatic heterocycles. The number of fused-ring (bicyclic) bond motifs is 1. The number of anilines is 1. The molecule has 3 heterocycles. The Hall–Kier alpha value is -3.68. The first-order valence-corrected chi connectivity index (χ1v) is 17.2. The maximum Gasteiger partial charge on any atom is 0.170 e. The minimum absolute atomic E-state index is 0.155. The number of nitrogens with one attached hydrogen (secondary N) is 2. The lowest BCUT2D eigenvalue weighted by Crippen LogP contribution is -2.57.